The molecule has 0 aliphatic carbocycles. The topological polar surface area (TPSA) is 294 Å². The number of hydrogen-bond acceptors (Lipinski definition) is 15. The lowest BCUT2D eigenvalue weighted by molar-refractivity contribution is -0.326. The van der Waals surface area contributed by atoms with Crippen molar-refractivity contribution in [3.63, 3.8) is 0 Å². The normalized spacial score (nSPS) is 37.1. The summed E-state index contributed by atoms with van der Waals surface area (Å²) in [7, 11) is -10.1. The first-order chi connectivity index (χ1) is 16.9. The van der Waals surface area contributed by atoms with Crippen LogP contribution in [-0.2, 0) is 53.0 Å². The minimum Gasteiger partial charge on any atom is -0.388 e. The van der Waals surface area contributed by atoms with E-state index in [9.17, 15) is 46.9 Å². The van der Waals surface area contributed by atoms with Gasteiger partial charge in [0.05, 0.1) is 13.2 Å². The van der Waals surface area contributed by atoms with Gasteiger partial charge in [0, 0.05) is 13.8 Å². The van der Waals surface area contributed by atoms with Crippen molar-refractivity contribution in [3.05, 3.63) is 0 Å². The molecule has 0 aromatic carbocycles. The molecule has 19 nitrogen and oxygen atoms in total. The molecule has 0 spiro atoms. The number of aliphatic hydroxyl groups excluding tert-OH is 4. The van der Waals surface area contributed by atoms with E-state index in [0.717, 1.165) is 13.8 Å². The van der Waals surface area contributed by atoms with Gasteiger partial charge >= 0.3 is 20.8 Å². The van der Waals surface area contributed by atoms with E-state index in [1.807, 2.05) is 0 Å². The highest BCUT2D eigenvalue weighted by molar-refractivity contribution is 7.81. The summed E-state index contributed by atoms with van der Waals surface area (Å²) in [6.45, 7) is -0.0377. The lowest BCUT2D eigenvalue weighted by Crippen LogP contribution is -2.69. The average molecular weight is 585 g/mol. The van der Waals surface area contributed by atoms with Crippen LogP contribution in [0.1, 0.15) is 13.8 Å². The monoisotopic (exact) mass is 584 g/mol. The predicted octanol–water partition coefficient (Wildman–Crippen LogP) is -5.46. The summed E-state index contributed by atoms with van der Waals surface area (Å²) in [5.74, 6) is -1.50. The zero-order valence-corrected chi connectivity index (χ0v) is 20.8. The largest absolute Gasteiger partial charge is 0.397 e. The first kappa shape index (κ1) is 31.6. The van der Waals surface area contributed by atoms with Gasteiger partial charge in [0.1, 0.15) is 48.7 Å². The highest BCUT2D eigenvalue weighted by Crippen LogP contribution is 2.29. The van der Waals surface area contributed by atoms with Crippen molar-refractivity contribution >= 4 is 32.6 Å². The van der Waals surface area contributed by atoms with Gasteiger partial charge in [-0.05, 0) is 0 Å². The van der Waals surface area contributed by atoms with E-state index in [0.29, 0.717) is 0 Å². The number of carbonyl (C=O) groups excluding carboxylic acids is 2. The van der Waals surface area contributed by atoms with Crippen LogP contribution in [0.15, 0.2) is 0 Å². The Hall–Kier alpha value is -1.60. The Kier molecular flexibility index (Phi) is 10.7. The third-order valence-electron chi connectivity index (χ3n) is 5.19. The number of amides is 2. The molecule has 2 fully saturated rings. The molecule has 2 aliphatic rings. The Morgan fingerprint density at radius 3 is 1.73 bits per heavy atom. The van der Waals surface area contributed by atoms with Gasteiger partial charge in [-0.2, -0.15) is 16.8 Å². The van der Waals surface area contributed by atoms with Crippen LogP contribution in [-0.4, -0.2) is 133 Å². The molecule has 0 unspecified atom stereocenters. The van der Waals surface area contributed by atoms with Crippen LogP contribution < -0.4 is 10.6 Å². The Morgan fingerprint density at radius 2 is 1.24 bits per heavy atom. The number of hydrogen-bond donors (Lipinski definition) is 8. The van der Waals surface area contributed by atoms with E-state index in [-0.39, 0.29) is 0 Å². The van der Waals surface area contributed by atoms with Gasteiger partial charge in [-0.1, -0.05) is 0 Å². The number of aliphatic hydroxyl groups is 4. The van der Waals surface area contributed by atoms with E-state index in [2.05, 4.69) is 19.0 Å². The van der Waals surface area contributed by atoms with E-state index in [1.54, 1.807) is 0 Å². The van der Waals surface area contributed by atoms with Crippen LogP contribution in [0.5, 0.6) is 0 Å². The molecule has 216 valence electrons. The number of nitrogens with one attached hydrogen (secondary N) is 2. The summed E-state index contributed by atoms with van der Waals surface area (Å²) in [6.07, 6.45) is -14.7. The zero-order valence-electron chi connectivity index (χ0n) is 19.2. The van der Waals surface area contributed by atoms with Crippen LogP contribution >= 0.6 is 0 Å². The molecule has 2 heterocycles. The second-order valence-corrected chi connectivity index (χ2v) is 10.2. The quantitative estimate of drug-likeness (QED) is 0.111. The molecular weight excluding hydrogens is 556 g/mol. The average Bonchev–Trinajstić information content (AvgIpc) is 2.74. The second-order valence-electron chi connectivity index (χ2n) is 8.06. The molecule has 0 aromatic rings. The summed E-state index contributed by atoms with van der Waals surface area (Å²) in [5.41, 5.74) is 0. The summed E-state index contributed by atoms with van der Waals surface area (Å²) in [5, 5.41) is 46.2. The summed E-state index contributed by atoms with van der Waals surface area (Å²) >= 11 is 0. The van der Waals surface area contributed by atoms with E-state index < -0.39 is 107 Å². The molecule has 21 heteroatoms. The van der Waals surface area contributed by atoms with Gasteiger partial charge in [0.15, 0.2) is 12.6 Å². The fraction of sp³-hybridized carbons (Fsp3) is 0.875. The maximum atomic E-state index is 11.7. The summed E-state index contributed by atoms with van der Waals surface area (Å²) in [4.78, 5) is 23.2. The summed E-state index contributed by atoms with van der Waals surface area (Å²) in [6, 6.07) is -3.17. The molecule has 0 aromatic heterocycles. The lowest BCUT2D eigenvalue weighted by atomic mass is 9.94. The van der Waals surface area contributed by atoms with Crippen molar-refractivity contribution < 1.29 is 78.5 Å². The minimum absolute atomic E-state index is 0.732. The van der Waals surface area contributed by atoms with Crippen molar-refractivity contribution in [1.29, 1.82) is 0 Å². The standard InChI is InChI=1S/C16H28N2O17S2/c1-5(19)17-9-13(23)14(8(33-15(9)24)4-32-37(28,29)30)35-16-10(18-6(2)20)12(22)11(21)7(34-16)3-31-36(25,26)27/h7-16,21-24H,3-4H2,1-2H3,(H,17,19)(H,18,20)(H,25,26,27)(H,28,29,30)/t7-,8-,9-,10-,11-,12-,13-,14-,15-,16+/m1/s1. The number of carbonyl (C=O) groups is 2. The van der Waals surface area contributed by atoms with Crippen molar-refractivity contribution in [3.8, 4) is 0 Å². The molecule has 2 saturated heterocycles. The van der Waals surface area contributed by atoms with Crippen molar-refractivity contribution in [2.24, 2.45) is 0 Å². The maximum Gasteiger partial charge on any atom is 0.397 e. The van der Waals surface area contributed by atoms with Gasteiger partial charge in [0.2, 0.25) is 11.8 Å². The van der Waals surface area contributed by atoms with Gasteiger partial charge in [-0.3, -0.25) is 18.7 Å². The highest BCUT2D eigenvalue weighted by Gasteiger charge is 2.52. The molecule has 8 N–H and O–H groups in total. The first-order valence-corrected chi connectivity index (χ1v) is 13.1. The highest BCUT2D eigenvalue weighted by atomic mass is 32.3. The van der Waals surface area contributed by atoms with Crippen LogP contribution in [0.4, 0.5) is 0 Å². The fourth-order valence-corrected chi connectivity index (χ4v) is 4.27. The van der Waals surface area contributed by atoms with Crippen molar-refractivity contribution in [1.82, 2.24) is 10.6 Å². The Bertz CT molecular complexity index is 1020. The zero-order chi connectivity index (χ0) is 28.3. The Labute approximate surface area is 210 Å². The van der Waals surface area contributed by atoms with Gasteiger partial charge < -0.3 is 45.3 Å². The number of rotatable bonds is 10. The van der Waals surface area contributed by atoms with Crippen LogP contribution in [0.2, 0.25) is 0 Å². The molecule has 0 radical (unpaired) electrons. The number of ether oxygens (including phenoxy) is 3. The van der Waals surface area contributed by atoms with Crippen LogP contribution in [0, 0.1) is 0 Å². The van der Waals surface area contributed by atoms with Crippen molar-refractivity contribution in [2.75, 3.05) is 13.2 Å². The van der Waals surface area contributed by atoms with Gasteiger partial charge in [0.25, 0.3) is 0 Å². The van der Waals surface area contributed by atoms with E-state index in [4.69, 9.17) is 23.3 Å². The molecule has 10 atom stereocenters. The fourth-order valence-electron chi connectivity index (χ4n) is 3.66. The predicted molar refractivity (Wildman–Crippen MR) is 113 cm³/mol. The van der Waals surface area contributed by atoms with Gasteiger partial charge in [-0.15, -0.1) is 0 Å². The molecule has 0 saturated carbocycles. The SMILES string of the molecule is CC(=O)N[C@@H]1[C@@H](O)[C@H](O[C@@H]2O[C@H](COS(=O)(=O)O)[C@@H](O)[C@H](O)[C@H]2NC(C)=O)[C@@H](COS(=O)(=O)O)O[C@H]1O. The Balaban J connectivity index is 2.39. The minimum atomic E-state index is -5.05. The molecule has 2 aliphatic heterocycles. The second kappa shape index (κ2) is 12.5. The van der Waals surface area contributed by atoms with Crippen molar-refractivity contribution in [2.45, 2.75) is 75.1 Å². The molecular formula is C16H28N2O17S2. The summed E-state index contributed by atoms with van der Waals surface area (Å²) < 4.78 is 86.1. The molecule has 0 bridgehead atoms. The third-order valence-corrected chi connectivity index (χ3v) is 6.05. The smallest absolute Gasteiger partial charge is 0.388 e. The first-order valence-electron chi connectivity index (χ1n) is 10.4. The van der Waals surface area contributed by atoms with Gasteiger partial charge in [-0.25, -0.2) is 8.37 Å². The molecule has 37 heavy (non-hydrogen) atoms. The van der Waals surface area contributed by atoms with E-state index >= 15 is 0 Å². The van der Waals surface area contributed by atoms with E-state index in [1.165, 1.54) is 0 Å². The molecule has 2 amide bonds. The van der Waals surface area contributed by atoms with Crippen LogP contribution in [0.3, 0.4) is 0 Å². The Morgan fingerprint density at radius 1 is 0.757 bits per heavy atom. The maximum absolute atomic E-state index is 11.7. The molecule has 2 rings (SSSR count). The van der Waals surface area contributed by atoms with Crippen LogP contribution in [0.25, 0.3) is 0 Å². The third kappa shape index (κ3) is 9.27. The lowest BCUT2D eigenvalue weighted by Gasteiger charge is -2.47.